The molecule has 1 heterocycles. The molecule has 0 amide bonds. The molecule has 1 aliphatic carbocycles. The highest BCUT2D eigenvalue weighted by molar-refractivity contribution is 6.06. The first kappa shape index (κ1) is 8.48. The zero-order chi connectivity index (χ0) is 9.26. The van der Waals surface area contributed by atoms with Crippen LogP contribution in [0.4, 0.5) is 0 Å². The number of Topliss-reactive ketones (excluding diaryl/α,β-unsaturated/α-hetero) is 1. The van der Waals surface area contributed by atoms with Crippen molar-refractivity contribution in [3.63, 3.8) is 0 Å². The summed E-state index contributed by atoms with van der Waals surface area (Å²) in [5.74, 6) is 0.771. The maximum Gasteiger partial charge on any atom is 0.134 e. The Morgan fingerprint density at radius 2 is 2.38 bits per heavy atom. The molecule has 0 aromatic heterocycles. The van der Waals surface area contributed by atoms with Gasteiger partial charge in [-0.3, -0.25) is 4.79 Å². The standard InChI is InChI=1S/C10H13N2O/c1-7(13)5-9-6-11-12-10(9)8-3-2-4-8/h6,8H,2-5H2,1H3. The molecule has 1 aliphatic heterocycles. The average Bonchev–Trinajstić information content (AvgIpc) is 2.32. The van der Waals surface area contributed by atoms with Gasteiger partial charge >= 0.3 is 0 Å². The molecule has 2 rings (SSSR count). The van der Waals surface area contributed by atoms with Gasteiger partial charge in [-0.2, -0.15) is 10.5 Å². The quantitative estimate of drug-likeness (QED) is 0.646. The number of hydrogen-bond acceptors (Lipinski definition) is 2. The lowest BCUT2D eigenvalue weighted by Crippen LogP contribution is -2.23. The van der Waals surface area contributed by atoms with E-state index in [-0.39, 0.29) is 5.78 Å². The van der Waals surface area contributed by atoms with Crippen LogP contribution in [-0.2, 0) is 4.79 Å². The molecule has 0 unspecified atom stereocenters. The van der Waals surface area contributed by atoms with Crippen LogP contribution in [0.25, 0.3) is 0 Å². The van der Waals surface area contributed by atoms with Crippen molar-refractivity contribution in [2.45, 2.75) is 32.6 Å². The van der Waals surface area contributed by atoms with Crippen LogP contribution in [0.5, 0.6) is 0 Å². The molecular formula is C10H13N2O. The van der Waals surface area contributed by atoms with E-state index in [1.807, 2.05) is 0 Å². The van der Waals surface area contributed by atoms with Gasteiger partial charge in [0.05, 0.1) is 11.9 Å². The molecule has 0 N–H and O–H groups in total. The number of carbonyl (C=O) groups excluding carboxylic acids is 1. The van der Waals surface area contributed by atoms with E-state index >= 15 is 0 Å². The fourth-order valence-corrected chi connectivity index (χ4v) is 1.72. The number of allylic oxidation sites excluding steroid dienone is 1. The van der Waals surface area contributed by atoms with Crippen LogP contribution < -0.4 is 5.43 Å². The van der Waals surface area contributed by atoms with Crippen molar-refractivity contribution in [1.29, 1.82) is 0 Å². The minimum Gasteiger partial charge on any atom is -0.300 e. The molecule has 69 valence electrons. The second-order valence-electron chi connectivity index (χ2n) is 3.76. The summed E-state index contributed by atoms with van der Waals surface area (Å²) in [6.45, 7) is 1.61. The maximum atomic E-state index is 10.9. The number of ketones is 1. The van der Waals surface area contributed by atoms with Crippen molar-refractivity contribution in [3.05, 3.63) is 11.8 Å². The lowest BCUT2D eigenvalue weighted by molar-refractivity contribution is -0.116. The van der Waals surface area contributed by atoms with Gasteiger partial charge in [-0.25, -0.2) is 0 Å². The Morgan fingerprint density at radius 1 is 1.62 bits per heavy atom. The van der Waals surface area contributed by atoms with E-state index in [9.17, 15) is 4.79 Å². The van der Waals surface area contributed by atoms with E-state index in [2.05, 4.69) is 10.5 Å². The second-order valence-corrected chi connectivity index (χ2v) is 3.76. The summed E-state index contributed by atoms with van der Waals surface area (Å²) >= 11 is 0. The Morgan fingerprint density at radius 3 is 2.92 bits per heavy atom. The smallest absolute Gasteiger partial charge is 0.134 e. The minimum absolute atomic E-state index is 0.190. The fourth-order valence-electron chi connectivity index (χ4n) is 1.72. The Balaban J connectivity index is 2.03. The van der Waals surface area contributed by atoms with Gasteiger partial charge in [-0.15, -0.1) is 0 Å². The number of rotatable bonds is 3. The number of nitrogens with zero attached hydrogens (tertiary/aromatic N) is 2. The van der Waals surface area contributed by atoms with Crippen LogP contribution in [0.2, 0.25) is 0 Å². The van der Waals surface area contributed by atoms with E-state index in [0.717, 1.165) is 11.3 Å². The third kappa shape index (κ3) is 1.64. The van der Waals surface area contributed by atoms with Crippen LogP contribution >= 0.6 is 0 Å². The molecule has 1 radical (unpaired) electrons. The van der Waals surface area contributed by atoms with Crippen LogP contribution in [0.3, 0.4) is 0 Å². The van der Waals surface area contributed by atoms with Gasteiger partial charge in [0, 0.05) is 17.9 Å². The topological polar surface area (TPSA) is 43.5 Å². The SMILES string of the molecule is CC(=O)CC1=C[N]N=C1C1CCC1. The number of carbonyl (C=O) groups is 1. The zero-order valence-corrected chi connectivity index (χ0v) is 7.79. The molecule has 0 bridgehead atoms. The highest BCUT2D eigenvalue weighted by Gasteiger charge is 2.28. The normalized spacial score (nSPS) is 21.6. The van der Waals surface area contributed by atoms with Crippen molar-refractivity contribution in [1.82, 2.24) is 5.43 Å². The van der Waals surface area contributed by atoms with E-state index in [1.165, 1.54) is 19.3 Å². The summed E-state index contributed by atoms with van der Waals surface area (Å²) in [5.41, 5.74) is 5.99. The van der Waals surface area contributed by atoms with Crippen molar-refractivity contribution in [2.75, 3.05) is 0 Å². The molecule has 0 spiro atoms. The molecule has 3 heteroatoms. The van der Waals surface area contributed by atoms with Crippen LogP contribution in [-0.4, -0.2) is 11.5 Å². The Hall–Kier alpha value is -1.12. The highest BCUT2D eigenvalue weighted by atomic mass is 16.1. The first-order valence-electron chi connectivity index (χ1n) is 4.74. The molecular weight excluding hydrogens is 164 g/mol. The monoisotopic (exact) mass is 177 g/mol. The fraction of sp³-hybridized carbons (Fsp3) is 0.600. The highest BCUT2D eigenvalue weighted by Crippen LogP contribution is 2.32. The predicted molar refractivity (Wildman–Crippen MR) is 50.3 cm³/mol. The molecule has 0 aromatic carbocycles. The van der Waals surface area contributed by atoms with Crippen LogP contribution in [0.15, 0.2) is 16.9 Å². The van der Waals surface area contributed by atoms with Crippen molar-refractivity contribution in [3.8, 4) is 0 Å². The zero-order valence-electron chi connectivity index (χ0n) is 7.79. The van der Waals surface area contributed by atoms with Crippen LogP contribution in [0.1, 0.15) is 32.6 Å². The van der Waals surface area contributed by atoms with Gasteiger partial charge in [0.15, 0.2) is 0 Å². The Kier molecular flexibility index (Phi) is 2.17. The van der Waals surface area contributed by atoms with Gasteiger partial charge in [0.1, 0.15) is 5.78 Å². The number of hydrogen-bond donors (Lipinski definition) is 0. The molecule has 0 atom stereocenters. The molecule has 3 nitrogen and oxygen atoms in total. The molecule has 13 heavy (non-hydrogen) atoms. The third-order valence-electron chi connectivity index (χ3n) is 2.64. The van der Waals surface area contributed by atoms with Crippen molar-refractivity contribution < 1.29 is 4.79 Å². The third-order valence-corrected chi connectivity index (χ3v) is 2.64. The summed E-state index contributed by atoms with van der Waals surface area (Å²) in [5, 5.41) is 4.09. The molecule has 1 fully saturated rings. The van der Waals surface area contributed by atoms with Gasteiger partial charge in [0.2, 0.25) is 0 Å². The van der Waals surface area contributed by atoms with E-state index in [4.69, 9.17) is 0 Å². The first-order valence-corrected chi connectivity index (χ1v) is 4.74. The maximum absolute atomic E-state index is 10.9. The second kappa shape index (κ2) is 3.32. The molecule has 0 saturated heterocycles. The molecule has 1 saturated carbocycles. The predicted octanol–water partition coefficient (Wildman–Crippen LogP) is 1.62. The summed E-state index contributed by atoms with van der Waals surface area (Å²) < 4.78 is 0. The average molecular weight is 177 g/mol. The lowest BCUT2D eigenvalue weighted by atomic mass is 9.79. The Bertz CT molecular complexity index is 287. The lowest BCUT2D eigenvalue weighted by Gasteiger charge is -2.25. The minimum atomic E-state index is 0.190. The van der Waals surface area contributed by atoms with Crippen molar-refractivity contribution >= 4 is 11.5 Å². The largest absolute Gasteiger partial charge is 0.300 e. The van der Waals surface area contributed by atoms with E-state index in [1.54, 1.807) is 13.1 Å². The first-order chi connectivity index (χ1) is 6.27. The summed E-state index contributed by atoms with van der Waals surface area (Å²) in [7, 11) is 0. The van der Waals surface area contributed by atoms with Crippen molar-refractivity contribution in [2.24, 2.45) is 11.0 Å². The van der Waals surface area contributed by atoms with Gasteiger partial charge in [-0.1, -0.05) is 6.42 Å². The Labute approximate surface area is 77.9 Å². The van der Waals surface area contributed by atoms with Gasteiger partial charge < -0.3 is 0 Å². The van der Waals surface area contributed by atoms with Gasteiger partial charge in [0.25, 0.3) is 0 Å². The summed E-state index contributed by atoms with van der Waals surface area (Å²) in [6, 6.07) is 0. The molecule has 0 aromatic rings. The van der Waals surface area contributed by atoms with Gasteiger partial charge in [-0.05, 0) is 19.8 Å². The molecule has 2 aliphatic rings. The summed E-state index contributed by atoms with van der Waals surface area (Å²) in [4.78, 5) is 10.9. The van der Waals surface area contributed by atoms with Crippen LogP contribution in [0, 0.1) is 5.92 Å². The van der Waals surface area contributed by atoms with E-state index < -0.39 is 0 Å². The summed E-state index contributed by atoms with van der Waals surface area (Å²) in [6.07, 6.45) is 5.94. The van der Waals surface area contributed by atoms with E-state index in [0.29, 0.717) is 12.3 Å².